The van der Waals surface area contributed by atoms with Crippen LogP contribution >= 0.6 is 0 Å². The van der Waals surface area contributed by atoms with Crippen LogP contribution in [0, 0.1) is 0 Å². The maximum absolute atomic E-state index is 12.5. The molecule has 0 spiro atoms. The highest BCUT2D eigenvalue weighted by molar-refractivity contribution is 5.91. The summed E-state index contributed by atoms with van der Waals surface area (Å²) in [5.41, 5.74) is 3.64. The fourth-order valence-electron chi connectivity index (χ4n) is 3.88. The Bertz CT molecular complexity index is 1240. The number of imidazole rings is 1. The van der Waals surface area contributed by atoms with Crippen molar-refractivity contribution < 1.29 is 14.3 Å². The number of ether oxygens (including phenoxy) is 2. The molecule has 0 saturated heterocycles. The summed E-state index contributed by atoms with van der Waals surface area (Å²) in [6, 6.07) is 19.6. The molecule has 0 fully saturated rings. The topological polar surface area (TPSA) is 78.3 Å². The van der Waals surface area contributed by atoms with Crippen LogP contribution in [0.4, 0.5) is 5.69 Å². The minimum Gasteiger partial charge on any atom is -0.486 e. The van der Waals surface area contributed by atoms with Crippen molar-refractivity contribution in [3.63, 3.8) is 0 Å². The Morgan fingerprint density at radius 1 is 1.00 bits per heavy atom. The first-order valence-electron chi connectivity index (χ1n) is 10.8. The number of fused-ring (bicyclic) bond motifs is 2. The van der Waals surface area contributed by atoms with Crippen molar-refractivity contribution in [3.8, 4) is 11.5 Å². The van der Waals surface area contributed by atoms with Crippen molar-refractivity contribution in [1.82, 2.24) is 14.5 Å². The van der Waals surface area contributed by atoms with Gasteiger partial charge >= 0.3 is 0 Å². The average Bonchev–Trinajstić information content (AvgIpc) is 3.17. The maximum Gasteiger partial charge on any atom is 0.224 e. The fraction of sp³-hybridized carbons (Fsp3) is 0.240. The van der Waals surface area contributed by atoms with Crippen molar-refractivity contribution in [2.24, 2.45) is 0 Å². The second-order valence-electron chi connectivity index (χ2n) is 7.71. The number of benzene rings is 2. The van der Waals surface area contributed by atoms with Gasteiger partial charge in [0.1, 0.15) is 24.6 Å². The molecule has 2 aromatic carbocycles. The van der Waals surface area contributed by atoms with Gasteiger partial charge in [-0.3, -0.25) is 4.79 Å². The van der Waals surface area contributed by atoms with Crippen LogP contribution in [-0.4, -0.2) is 33.7 Å². The van der Waals surface area contributed by atoms with Crippen molar-refractivity contribution in [3.05, 3.63) is 78.2 Å². The van der Waals surface area contributed by atoms with Gasteiger partial charge in [-0.25, -0.2) is 9.97 Å². The van der Waals surface area contributed by atoms with Gasteiger partial charge in [0, 0.05) is 30.8 Å². The van der Waals surface area contributed by atoms with Gasteiger partial charge in [0.2, 0.25) is 5.91 Å². The Kier molecular flexibility index (Phi) is 5.70. The van der Waals surface area contributed by atoms with Crippen molar-refractivity contribution in [1.29, 1.82) is 0 Å². The van der Waals surface area contributed by atoms with Crippen LogP contribution < -0.4 is 14.8 Å². The molecular weight excluding hydrogens is 404 g/mol. The highest BCUT2D eigenvalue weighted by Gasteiger charge is 2.15. The minimum absolute atomic E-state index is 0.0366. The summed E-state index contributed by atoms with van der Waals surface area (Å²) in [6.07, 6.45) is 3.57. The Morgan fingerprint density at radius 3 is 2.72 bits per heavy atom. The number of nitrogens with zero attached hydrogens (tertiary/aromatic N) is 3. The third kappa shape index (κ3) is 4.42. The molecule has 5 rings (SSSR count). The summed E-state index contributed by atoms with van der Waals surface area (Å²) in [4.78, 5) is 21.8. The molecule has 1 amide bonds. The summed E-state index contributed by atoms with van der Waals surface area (Å²) >= 11 is 0. The van der Waals surface area contributed by atoms with E-state index in [0.717, 1.165) is 17.0 Å². The molecule has 162 valence electrons. The van der Waals surface area contributed by atoms with E-state index in [0.29, 0.717) is 56.2 Å². The van der Waals surface area contributed by atoms with E-state index in [9.17, 15) is 4.79 Å². The number of rotatable bonds is 7. The quantitative estimate of drug-likeness (QED) is 0.477. The van der Waals surface area contributed by atoms with Crippen LogP contribution in [0.15, 0.2) is 66.9 Å². The molecular formula is C25H24N4O3. The monoisotopic (exact) mass is 428 g/mol. The predicted octanol–water partition coefficient (Wildman–Crippen LogP) is 4.21. The number of carbonyl (C=O) groups excluding carboxylic acids is 1. The third-order valence-electron chi connectivity index (χ3n) is 5.40. The highest BCUT2D eigenvalue weighted by Crippen LogP contribution is 2.32. The lowest BCUT2D eigenvalue weighted by Gasteiger charge is -2.19. The molecule has 0 radical (unpaired) electrons. The molecule has 7 heteroatoms. The van der Waals surface area contributed by atoms with Crippen molar-refractivity contribution >= 4 is 22.8 Å². The number of pyridine rings is 1. The smallest absolute Gasteiger partial charge is 0.224 e. The van der Waals surface area contributed by atoms with E-state index in [1.807, 2.05) is 42.5 Å². The van der Waals surface area contributed by atoms with Crippen LogP contribution in [0.2, 0.25) is 0 Å². The number of hydrogen-bond acceptors (Lipinski definition) is 5. The molecule has 4 aromatic rings. The number of nitrogens with one attached hydrogen (secondary N) is 1. The molecule has 1 aliphatic heterocycles. The molecule has 0 aliphatic carbocycles. The number of carbonyl (C=O) groups is 1. The second kappa shape index (κ2) is 9.09. The van der Waals surface area contributed by atoms with Gasteiger partial charge in [-0.05, 0) is 36.2 Å². The van der Waals surface area contributed by atoms with E-state index in [1.54, 1.807) is 12.3 Å². The zero-order valence-corrected chi connectivity index (χ0v) is 17.7. The molecule has 0 bridgehead atoms. The van der Waals surface area contributed by atoms with E-state index in [4.69, 9.17) is 14.5 Å². The normalized spacial score (nSPS) is 12.6. The SMILES string of the molecule is O=C(CCCc1nc2cccnc2n1Cc1ccccc1)Nc1ccc2c(c1)OCCO2. The lowest BCUT2D eigenvalue weighted by atomic mass is 10.2. The fourth-order valence-corrected chi connectivity index (χ4v) is 3.88. The number of hydrogen-bond donors (Lipinski definition) is 1. The van der Waals surface area contributed by atoms with Gasteiger partial charge in [0.25, 0.3) is 0 Å². The van der Waals surface area contributed by atoms with Crippen LogP contribution in [-0.2, 0) is 17.8 Å². The van der Waals surface area contributed by atoms with Gasteiger partial charge in [0.15, 0.2) is 17.1 Å². The molecule has 0 atom stereocenters. The molecule has 1 N–H and O–H groups in total. The summed E-state index contributed by atoms with van der Waals surface area (Å²) in [7, 11) is 0. The first kappa shape index (κ1) is 20.1. The van der Waals surface area contributed by atoms with E-state index in [-0.39, 0.29) is 5.91 Å². The van der Waals surface area contributed by atoms with Gasteiger partial charge in [-0.1, -0.05) is 30.3 Å². The number of aryl methyl sites for hydroxylation is 1. The van der Waals surface area contributed by atoms with E-state index in [2.05, 4.69) is 27.0 Å². The highest BCUT2D eigenvalue weighted by atomic mass is 16.6. The third-order valence-corrected chi connectivity index (χ3v) is 5.40. The molecule has 2 aromatic heterocycles. The first-order chi connectivity index (χ1) is 15.8. The Balaban J connectivity index is 1.24. The number of aromatic nitrogens is 3. The average molecular weight is 428 g/mol. The van der Waals surface area contributed by atoms with Crippen LogP contribution in [0.3, 0.4) is 0 Å². The van der Waals surface area contributed by atoms with Crippen LogP contribution in [0.1, 0.15) is 24.2 Å². The standard InChI is InChI=1S/C25H24N4O3/c30-24(27-19-11-12-21-22(16-19)32-15-14-31-21)10-4-9-23-28-20-8-5-13-26-25(20)29(23)17-18-6-2-1-3-7-18/h1-3,5-8,11-13,16H,4,9-10,14-15,17H2,(H,27,30). The van der Waals surface area contributed by atoms with Crippen LogP contribution in [0.25, 0.3) is 11.2 Å². The Hall–Kier alpha value is -3.87. The first-order valence-corrected chi connectivity index (χ1v) is 10.8. The van der Waals surface area contributed by atoms with Gasteiger partial charge in [-0.15, -0.1) is 0 Å². The molecule has 1 aliphatic rings. The summed E-state index contributed by atoms with van der Waals surface area (Å²) < 4.78 is 13.2. The van der Waals surface area contributed by atoms with Crippen molar-refractivity contribution in [2.45, 2.75) is 25.8 Å². The molecule has 7 nitrogen and oxygen atoms in total. The largest absolute Gasteiger partial charge is 0.486 e. The number of anilines is 1. The Morgan fingerprint density at radius 2 is 1.84 bits per heavy atom. The van der Waals surface area contributed by atoms with E-state index in [1.165, 1.54) is 5.56 Å². The van der Waals surface area contributed by atoms with Gasteiger partial charge in [0.05, 0.1) is 6.54 Å². The molecule has 32 heavy (non-hydrogen) atoms. The maximum atomic E-state index is 12.5. The van der Waals surface area contributed by atoms with Gasteiger partial charge < -0.3 is 19.4 Å². The predicted molar refractivity (Wildman–Crippen MR) is 122 cm³/mol. The zero-order valence-electron chi connectivity index (χ0n) is 17.7. The van der Waals surface area contributed by atoms with E-state index >= 15 is 0 Å². The second-order valence-corrected chi connectivity index (χ2v) is 7.71. The molecule has 0 unspecified atom stereocenters. The minimum atomic E-state index is -0.0366. The lowest BCUT2D eigenvalue weighted by Crippen LogP contribution is -2.16. The van der Waals surface area contributed by atoms with Gasteiger partial charge in [-0.2, -0.15) is 0 Å². The summed E-state index contributed by atoms with van der Waals surface area (Å²) in [5, 5.41) is 2.95. The van der Waals surface area contributed by atoms with E-state index < -0.39 is 0 Å². The van der Waals surface area contributed by atoms with Crippen molar-refractivity contribution in [2.75, 3.05) is 18.5 Å². The molecule has 3 heterocycles. The molecule has 0 saturated carbocycles. The number of amides is 1. The summed E-state index contributed by atoms with van der Waals surface area (Å²) in [6.45, 7) is 1.76. The van der Waals surface area contributed by atoms with Crippen LogP contribution in [0.5, 0.6) is 11.5 Å². The lowest BCUT2D eigenvalue weighted by molar-refractivity contribution is -0.116. The zero-order chi connectivity index (χ0) is 21.8. The summed E-state index contributed by atoms with van der Waals surface area (Å²) in [5.74, 6) is 2.27. The Labute approximate surface area is 186 Å².